The molecule has 1 amide bonds. The molecule has 1 aromatic heterocycles. The van der Waals surface area contributed by atoms with Gasteiger partial charge in [0.25, 0.3) is 11.5 Å². The number of amides is 1. The van der Waals surface area contributed by atoms with Gasteiger partial charge in [-0.3, -0.25) is 9.59 Å². The minimum atomic E-state index is -1.01. The summed E-state index contributed by atoms with van der Waals surface area (Å²) in [6, 6.07) is 20.1. The van der Waals surface area contributed by atoms with Crippen molar-refractivity contribution in [3.8, 4) is 11.3 Å². The minimum Gasteiger partial charge on any atom is -0.310 e. The number of amidine groups is 1. The fourth-order valence-electron chi connectivity index (χ4n) is 3.85. The van der Waals surface area contributed by atoms with Crippen molar-refractivity contribution in [1.82, 2.24) is 15.1 Å². The van der Waals surface area contributed by atoms with Crippen molar-refractivity contribution in [2.24, 2.45) is 4.99 Å². The van der Waals surface area contributed by atoms with E-state index in [0.29, 0.717) is 22.4 Å². The molecule has 0 spiro atoms. The van der Waals surface area contributed by atoms with Crippen molar-refractivity contribution < 1.29 is 13.6 Å². The molecule has 0 atom stereocenters. The zero-order valence-corrected chi connectivity index (χ0v) is 20.8. The molecule has 0 radical (unpaired) electrons. The topological polar surface area (TPSA) is 76.3 Å². The maximum absolute atomic E-state index is 13.6. The second-order valence-corrected chi connectivity index (χ2v) is 8.67. The standard InChI is InChI=1S/C29H26F2N4O2/c1-4-20-7-5-9-22(14-20)26-11-12-28(36)35(34-26)17-21-8-6-10-23(15-21)29(37)33-19(3)32-27-16-25(31)24(30)13-18(27)2/h5-16H,4,17H2,1-3H3,(H,32,33,37). The number of rotatable bonds is 6. The zero-order chi connectivity index (χ0) is 26.5. The largest absolute Gasteiger partial charge is 0.310 e. The Hall–Kier alpha value is -4.46. The van der Waals surface area contributed by atoms with Crippen LogP contribution in [0.4, 0.5) is 14.5 Å². The first-order valence-corrected chi connectivity index (χ1v) is 11.8. The summed E-state index contributed by atoms with van der Waals surface area (Å²) >= 11 is 0. The summed E-state index contributed by atoms with van der Waals surface area (Å²) < 4.78 is 28.3. The van der Waals surface area contributed by atoms with Crippen LogP contribution in [0.1, 0.15) is 40.9 Å². The number of hydrogen-bond donors (Lipinski definition) is 1. The summed E-state index contributed by atoms with van der Waals surface area (Å²) in [5.41, 5.74) is 4.26. The third kappa shape index (κ3) is 6.22. The number of carbonyl (C=O) groups excluding carboxylic acids is 1. The van der Waals surface area contributed by atoms with E-state index in [4.69, 9.17) is 0 Å². The van der Waals surface area contributed by atoms with E-state index >= 15 is 0 Å². The van der Waals surface area contributed by atoms with Gasteiger partial charge >= 0.3 is 0 Å². The van der Waals surface area contributed by atoms with Gasteiger partial charge in [0.1, 0.15) is 5.84 Å². The Balaban J connectivity index is 1.53. The van der Waals surface area contributed by atoms with Crippen molar-refractivity contribution >= 4 is 17.4 Å². The van der Waals surface area contributed by atoms with Crippen LogP contribution in [0.5, 0.6) is 0 Å². The van der Waals surface area contributed by atoms with Crippen LogP contribution >= 0.6 is 0 Å². The molecule has 4 rings (SSSR count). The van der Waals surface area contributed by atoms with Gasteiger partial charge < -0.3 is 5.32 Å². The minimum absolute atomic E-state index is 0.183. The highest BCUT2D eigenvalue weighted by Crippen LogP contribution is 2.22. The van der Waals surface area contributed by atoms with Gasteiger partial charge in [0.2, 0.25) is 0 Å². The Morgan fingerprint density at radius 2 is 1.70 bits per heavy atom. The van der Waals surface area contributed by atoms with E-state index in [9.17, 15) is 18.4 Å². The van der Waals surface area contributed by atoms with Gasteiger partial charge in [-0.05, 0) is 67.3 Å². The lowest BCUT2D eigenvalue weighted by atomic mass is 10.1. The highest BCUT2D eigenvalue weighted by atomic mass is 19.2. The maximum atomic E-state index is 13.6. The lowest BCUT2D eigenvalue weighted by Crippen LogP contribution is -2.28. The van der Waals surface area contributed by atoms with Gasteiger partial charge in [-0.2, -0.15) is 5.10 Å². The third-order valence-electron chi connectivity index (χ3n) is 5.84. The van der Waals surface area contributed by atoms with E-state index < -0.39 is 17.5 Å². The molecule has 0 bridgehead atoms. The number of benzene rings is 3. The van der Waals surface area contributed by atoms with Crippen molar-refractivity contribution in [3.05, 3.63) is 117 Å². The highest BCUT2D eigenvalue weighted by molar-refractivity contribution is 6.06. The van der Waals surface area contributed by atoms with Gasteiger partial charge in [0.15, 0.2) is 11.6 Å². The van der Waals surface area contributed by atoms with Crippen LogP contribution < -0.4 is 10.9 Å². The van der Waals surface area contributed by atoms with Crippen LogP contribution in [0, 0.1) is 18.6 Å². The van der Waals surface area contributed by atoms with Gasteiger partial charge in [-0.25, -0.2) is 18.5 Å². The number of aromatic nitrogens is 2. The Morgan fingerprint density at radius 3 is 2.49 bits per heavy atom. The first-order chi connectivity index (χ1) is 17.7. The predicted octanol–water partition coefficient (Wildman–Crippen LogP) is 5.59. The van der Waals surface area contributed by atoms with Crippen molar-refractivity contribution in [2.75, 3.05) is 0 Å². The predicted molar refractivity (Wildman–Crippen MR) is 140 cm³/mol. The van der Waals surface area contributed by atoms with E-state index in [0.717, 1.165) is 24.1 Å². The number of nitrogens with zero attached hydrogens (tertiary/aromatic N) is 3. The molecule has 0 fully saturated rings. The molecule has 1 N–H and O–H groups in total. The molecular weight excluding hydrogens is 474 g/mol. The average Bonchev–Trinajstić information content (AvgIpc) is 2.88. The van der Waals surface area contributed by atoms with Gasteiger partial charge in [0.05, 0.1) is 17.9 Å². The van der Waals surface area contributed by atoms with Crippen LogP contribution in [0.15, 0.2) is 82.6 Å². The number of halogens is 2. The summed E-state index contributed by atoms with van der Waals surface area (Å²) in [5, 5.41) is 7.19. The van der Waals surface area contributed by atoms with Crippen molar-refractivity contribution in [1.29, 1.82) is 0 Å². The van der Waals surface area contributed by atoms with Crippen molar-refractivity contribution in [2.45, 2.75) is 33.7 Å². The highest BCUT2D eigenvalue weighted by Gasteiger charge is 2.11. The molecule has 0 saturated heterocycles. The van der Waals surface area contributed by atoms with Gasteiger partial charge in [-0.15, -0.1) is 0 Å². The van der Waals surface area contributed by atoms with Crippen LogP contribution in [-0.2, 0) is 13.0 Å². The SMILES string of the molecule is CCc1cccc(-c2ccc(=O)n(Cc3cccc(C(=O)N/C(C)=N/c4cc(F)c(F)cc4C)c3)n2)c1. The molecular formula is C29H26F2N4O2. The van der Waals surface area contributed by atoms with E-state index in [1.165, 1.54) is 16.3 Å². The molecule has 6 nitrogen and oxygen atoms in total. The number of hydrogen-bond acceptors (Lipinski definition) is 4. The van der Waals surface area contributed by atoms with E-state index in [2.05, 4.69) is 22.3 Å². The van der Waals surface area contributed by atoms with Crippen LogP contribution in [0.2, 0.25) is 0 Å². The second-order valence-electron chi connectivity index (χ2n) is 8.67. The molecule has 37 heavy (non-hydrogen) atoms. The number of nitrogens with one attached hydrogen (secondary N) is 1. The molecule has 8 heteroatoms. The number of carbonyl (C=O) groups is 1. The number of aliphatic imine (C=N–C) groups is 1. The summed E-state index contributed by atoms with van der Waals surface area (Å²) in [6.07, 6.45) is 0.896. The first-order valence-electron chi connectivity index (χ1n) is 11.8. The summed E-state index contributed by atoms with van der Waals surface area (Å²) in [5.74, 6) is -2.16. The smallest absolute Gasteiger partial charge is 0.267 e. The molecule has 1 heterocycles. The van der Waals surface area contributed by atoms with Crippen LogP contribution in [0.3, 0.4) is 0 Å². The zero-order valence-electron chi connectivity index (χ0n) is 20.8. The molecule has 0 aliphatic heterocycles. The lowest BCUT2D eigenvalue weighted by molar-refractivity contribution is 0.0976. The summed E-state index contributed by atoms with van der Waals surface area (Å²) in [6.45, 7) is 5.42. The summed E-state index contributed by atoms with van der Waals surface area (Å²) in [4.78, 5) is 29.5. The Bertz CT molecular complexity index is 1560. The molecule has 4 aromatic rings. The lowest BCUT2D eigenvalue weighted by Gasteiger charge is -2.10. The fraction of sp³-hybridized carbons (Fsp3) is 0.172. The van der Waals surface area contributed by atoms with E-state index in [-0.39, 0.29) is 23.6 Å². The molecule has 188 valence electrons. The monoisotopic (exact) mass is 500 g/mol. The maximum Gasteiger partial charge on any atom is 0.267 e. The van der Waals surface area contributed by atoms with Gasteiger partial charge in [0, 0.05) is 23.3 Å². The van der Waals surface area contributed by atoms with E-state index in [1.807, 2.05) is 24.3 Å². The molecule has 0 aliphatic rings. The third-order valence-corrected chi connectivity index (χ3v) is 5.84. The first kappa shape index (κ1) is 25.6. The molecule has 0 aliphatic carbocycles. The Kier molecular flexibility index (Phi) is 7.67. The molecule has 0 unspecified atom stereocenters. The van der Waals surface area contributed by atoms with Gasteiger partial charge in [-0.1, -0.05) is 37.3 Å². The molecule has 0 saturated carbocycles. The Labute approximate surface area is 213 Å². The quantitative estimate of drug-likeness (QED) is 0.277. The average molecular weight is 501 g/mol. The summed E-state index contributed by atoms with van der Waals surface area (Å²) in [7, 11) is 0. The number of aryl methyl sites for hydroxylation is 2. The second kappa shape index (κ2) is 11.1. The molecule has 3 aromatic carbocycles. The van der Waals surface area contributed by atoms with E-state index in [1.54, 1.807) is 44.2 Å². The van der Waals surface area contributed by atoms with Crippen molar-refractivity contribution in [3.63, 3.8) is 0 Å². The Morgan fingerprint density at radius 1 is 0.973 bits per heavy atom. The van der Waals surface area contributed by atoms with Crippen LogP contribution in [0.25, 0.3) is 11.3 Å². The fourth-order valence-corrected chi connectivity index (χ4v) is 3.85. The normalized spacial score (nSPS) is 11.4. The van der Waals surface area contributed by atoms with Crippen LogP contribution in [-0.4, -0.2) is 21.5 Å².